The van der Waals surface area contributed by atoms with Crippen molar-refractivity contribution in [1.29, 1.82) is 0 Å². The lowest BCUT2D eigenvalue weighted by atomic mass is 10.1. The smallest absolute Gasteiger partial charge is 0.269 e. The van der Waals surface area contributed by atoms with Crippen LogP contribution in [0.4, 0.5) is 11.6 Å². The molecule has 1 aromatic heterocycles. The minimum atomic E-state index is -0.452. The van der Waals surface area contributed by atoms with E-state index in [1.807, 2.05) is 0 Å². The molecule has 0 aliphatic heterocycles. The Bertz CT molecular complexity index is 840. The first-order chi connectivity index (χ1) is 11.9. The number of rotatable bonds is 7. The van der Waals surface area contributed by atoms with Gasteiger partial charge in [-0.1, -0.05) is 13.3 Å². The van der Waals surface area contributed by atoms with Gasteiger partial charge in [0.25, 0.3) is 11.2 Å². The molecule has 0 spiro atoms. The summed E-state index contributed by atoms with van der Waals surface area (Å²) in [6.07, 6.45) is 2.66. The molecule has 2 N–H and O–H groups in total. The summed E-state index contributed by atoms with van der Waals surface area (Å²) in [5.74, 6) is 0.268. The Balaban J connectivity index is 2.15. The Morgan fingerprint density at radius 3 is 2.60 bits per heavy atom. The second kappa shape index (κ2) is 8.18. The molecule has 0 unspecified atom stereocenters. The summed E-state index contributed by atoms with van der Waals surface area (Å²) in [7, 11) is 0. The molecule has 0 aliphatic carbocycles. The summed E-state index contributed by atoms with van der Waals surface area (Å²) in [6, 6.07) is 6.07. The lowest BCUT2D eigenvalue weighted by Gasteiger charge is -2.07. The van der Waals surface area contributed by atoms with Crippen molar-refractivity contribution in [2.24, 2.45) is 5.10 Å². The summed E-state index contributed by atoms with van der Waals surface area (Å²) < 4.78 is 0. The number of aryl methyl sites for hydroxylation is 1. The van der Waals surface area contributed by atoms with Crippen molar-refractivity contribution in [1.82, 2.24) is 9.97 Å². The number of aromatic amines is 1. The minimum Gasteiger partial charge on any atom is -0.291 e. The number of nitrogens with zero attached hydrogens (tertiary/aromatic N) is 3. The van der Waals surface area contributed by atoms with Crippen molar-refractivity contribution in [3.8, 4) is 0 Å². The third kappa shape index (κ3) is 4.72. The van der Waals surface area contributed by atoms with E-state index in [2.05, 4.69) is 27.4 Å². The van der Waals surface area contributed by atoms with E-state index in [1.54, 1.807) is 26.0 Å². The van der Waals surface area contributed by atoms with Gasteiger partial charge >= 0.3 is 0 Å². The molecule has 1 aromatic carbocycles. The zero-order valence-corrected chi connectivity index (χ0v) is 14.5. The summed E-state index contributed by atoms with van der Waals surface area (Å²) in [5, 5.41) is 14.8. The molecule has 0 radical (unpaired) electrons. The van der Waals surface area contributed by atoms with Crippen LogP contribution in [0.15, 0.2) is 34.2 Å². The van der Waals surface area contributed by atoms with Crippen LogP contribution < -0.4 is 11.0 Å². The number of nitro benzene ring substituents is 1. The quantitative estimate of drug-likeness (QED) is 0.455. The van der Waals surface area contributed by atoms with Gasteiger partial charge in [-0.15, -0.1) is 0 Å². The maximum atomic E-state index is 12.1. The summed E-state index contributed by atoms with van der Waals surface area (Å²) >= 11 is 0. The SMILES string of the molecule is CCCCc1c(C)nc(N/N=C(\C)c2ccc([N+](=O)[O-])cc2)[nH]c1=O. The van der Waals surface area contributed by atoms with Crippen LogP contribution in [0.25, 0.3) is 0 Å². The summed E-state index contributed by atoms with van der Waals surface area (Å²) in [6.45, 7) is 5.63. The number of H-pyrrole nitrogens is 1. The fourth-order valence-electron chi connectivity index (χ4n) is 2.34. The zero-order chi connectivity index (χ0) is 18.4. The van der Waals surface area contributed by atoms with E-state index < -0.39 is 4.92 Å². The topological polar surface area (TPSA) is 113 Å². The first-order valence-corrected chi connectivity index (χ1v) is 8.07. The third-order valence-corrected chi connectivity index (χ3v) is 3.83. The molecular weight excluding hydrogens is 322 g/mol. The molecule has 0 amide bonds. The standard InChI is InChI=1S/C17H21N5O3/c1-4-5-6-15-12(3)18-17(19-16(15)23)21-20-11(2)13-7-9-14(10-8-13)22(24)25/h7-10H,4-6H2,1-3H3,(H2,18,19,21,23)/b20-11+. The third-order valence-electron chi connectivity index (χ3n) is 3.83. The predicted octanol–water partition coefficient (Wildman–Crippen LogP) is 3.17. The predicted molar refractivity (Wildman–Crippen MR) is 97.1 cm³/mol. The zero-order valence-electron chi connectivity index (χ0n) is 14.5. The van der Waals surface area contributed by atoms with Gasteiger partial charge < -0.3 is 0 Å². The van der Waals surface area contributed by atoms with Gasteiger partial charge in [-0.25, -0.2) is 10.4 Å². The van der Waals surface area contributed by atoms with Crippen LogP contribution in [0.2, 0.25) is 0 Å². The number of benzene rings is 1. The van der Waals surface area contributed by atoms with Crippen LogP contribution in [-0.2, 0) is 6.42 Å². The molecule has 0 aliphatic rings. The Kier molecular flexibility index (Phi) is 5.99. The van der Waals surface area contributed by atoms with Gasteiger partial charge in [-0.05, 0) is 44.4 Å². The number of hydrogen-bond donors (Lipinski definition) is 2. The number of non-ortho nitro benzene ring substituents is 1. The van der Waals surface area contributed by atoms with Gasteiger partial charge in [0.05, 0.1) is 10.6 Å². The van der Waals surface area contributed by atoms with Gasteiger partial charge in [-0.2, -0.15) is 5.10 Å². The fourth-order valence-corrected chi connectivity index (χ4v) is 2.34. The number of anilines is 1. The van der Waals surface area contributed by atoms with Crippen LogP contribution in [0.3, 0.4) is 0 Å². The Hall–Kier alpha value is -3.03. The molecule has 0 bridgehead atoms. The van der Waals surface area contributed by atoms with Crippen LogP contribution in [0.5, 0.6) is 0 Å². The van der Waals surface area contributed by atoms with Crippen molar-refractivity contribution in [2.45, 2.75) is 40.0 Å². The molecule has 2 aromatic rings. The van der Waals surface area contributed by atoms with E-state index in [9.17, 15) is 14.9 Å². The second-order valence-electron chi connectivity index (χ2n) is 5.70. The largest absolute Gasteiger partial charge is 0.291 e. The van der Waals surface area contributed by atoms with E-state index in [4.69, 9.17) is 0 Å². The van der Waals surface area contributed by atoms with E-state index in [0.717, 1.165) is 18.4 Å². The Morgan fingerprint density at radius 1 is 1.36 bits per heavy atom. The molecule has 0 atom stereocenters. The van der Waals surface area contributed by atoms with E-state index >= 15 is 0 Å². The second-order valence-corrected chi connectivity index (χ2v) is 5.70. The number of hydrogen-bond acceptors (Lipinski definition) is 6. The Morgan fingerprint density at radius 2 is 2.04 bits per heavy atom. The van der Waals surface area contributed by atoms with Gasteiger partial charge in [0.2, 0.25) is 5.95 Å². The van der Waals surface area contributed by atoms with Crippen molar-refractivity contribution < 1.29 is 4.92 Å². The van der Waals surface area contributed by atoms with Crippen LogP contribution in [0, 0.1) is 17.0 Å². The number of unbranched alkanes of at least 4 members (excludes halogenated alkanes) is 1. The summed E-state index contributed by atoms with van der Waals surface area (Å²) in [4.78, 5) is 29.4. The maximum Gasteiger partial charge on any atom is 0.269 e. The molecule has 25 heavy (non-hydrogen) atoms. The van der Waals surface area contributed by atoms with E-state index in [-0.39, 0.29) is 17.2 Å². The molecule has 8 nitrogen and oxygen atoms in total. The average molecular weight is 343 g/mol. The normalized spacial score (nSPS) is 11.4. The van der Waals surface area contributed by atoms with Gasteiger partial charge in [0.1, 0.15) is 0 Å². The molecule has 0 saturated carbocycles. The lowest BCUT2D eigenvalue weighted by Crippen LogP contribution is -2.18. The molecule has 8 heteroatoms. The van der Waals surface area contributed by atoms with Crippen molar-refractivity contribution in [3.63, 3.8) is 0 Å². The highest BCUT2D eigenvalue weighted by Crippen LogP contribution is 2.13. The molecule has 0 fully saturated rings. The number of hydrazone groups is 1. The van der Waals surface area contributed by atoms with Crippen LogP contribution in [-0.4, -0.2) is 20.6 Å². The monoisotopic (exact) mass is 343 g/mol. The lowest BCUT2D eigenvalue weighted by molar-refractivity contribution is -0.384. The minimum absolute atomic E-state index is 0.0220. The fraction of sp³-hybridized carbons (Fsp3) is 0.353. The average Bonchev–Trinajstić information content (AvgIpc) is 2.59. The molecular formula is C17H21N5O3. The van der Waals surface area contributed by atoms with Crippen LogP contribution in [0.1, 0.15) is 43.5 Å². The highest BCUT2D eigenvalue weighted by atomic mass is 16.6. The van der Waals surface area contributed by atoms with Crippen molar-refractivity contribution >= 4 is 17.3 Å². The maximum absolute atomic E-state index is 12.1. The number of nitrogens with one attached hydrogen (secondary N) is 2. The first-order valence-electron chi connectivity index (χ1n) is 8.07. The molecule has 132 valence electrons. The molecule has 1 heterocycles. The Labute approximate surface area is 145 Å². The van der Waals surface area contributed by atoms with E-state index in [0.29, 0.717) is 23.4 Å². The molecule has 0 saturated heterocycles. The van der Waals surface area contributed by atoms with Crippen LogP contribution >= 0.6 is 0 Å². The first kappa shape index (κ1) is 18.3. The number of aromatic nitrogens is 2. The highest BCUT2D eigenvalue weighted by Gasteiger charge is 2.08. The van der Waals surface area contributed by atoms with Gasteiger partial charge in [0, 0.05) is 23.4 Å². The highest BCUT2D eigenvalue weighted by molar-refractivity contribution is 5.99. The summed E-state index contributed by atoms with van der Waals surface area (Å²) in [5.41, 5.74) is 5.32. The van der Waals surface area contributed by atoms with Crippen molar-refractivity contribution in [2.75, 3.05) is 5.43 Å². The molecule has 2 rings (SSSR count). The van der Waals surface area contributed by atoms with Gasteiger partial charge in [0.15, 0.2) is 0 Å². The van der Waals surface area contributed by atoms with Crippen molar-refractivity contribution in [3.05, 3.63) is 61.6 Å². The van der Waals surface area contributed by atoms with E-state index in [1.165, 1.54) is 12.1 Å². The van der Waals surface area contributed by atoms with Gasteiger partial charge in [-0.3, -0.25) is 19.9 Å². The number of nitro groups is 1.